The number of nitrogens with zero attached hydrogens (tertiary/aromatic N) is 1. The summed E-state index contributed by atoms with van der Waals surface area (Å²) in [6, 6.07) is 14.6. The van der Waals surface area contributed by atoms with Crippen molar-refractivity contribution in [3.05, 3.63) is 64.7 Å². The third kappa shape index (κ3) is 3.99. The number of anilines is 1. The molecule has 0 fully saturated rings. The molecule has 0 aromatic heterocycles. The second kappa shape index (κ2) is 6.97. The van der Waals surface area contributed by atoms with Gasteiger partial charge in [0.1, 0.15) is 0 Å². The number of benzene rings is 2. The molecule has 0 aliphatic carbocycles. The van der Waals surface area contributed by atoms with Crippen molar-refractivity contribution in [1.29, 1.82) is 0 Å². The predicted octanol–water partition coefficient (Wildman–Crippen LogP) is 3.69. The van der Waals surface area contributed by atoms with E-state index in [-0.39, 0.29) is 5.91 Å². The van der Waals surface area contributed by atoms with Crippen LogP contribution in [-0.2, 0) is 17.8 Å². The summed E-state index contributed by atoms with van der Waals surface area (Å²) in [6.45, 7) is 6.94. The maximum absolute atomic E-state index is 12.2. The van der Waals surface area contributed by atoms with E-state index in [1.54, 1.807) is 0 Å². The highest BCUT2D eigenvalue weighted by atomic mass is 16.1. The second-order valence-electron chi connectivity index (χ2n) is 6.39. The van der Waals surface area contributed by atoms with Crippen molar-refractivity contribution in [3.63, 3.8) is 0 Å². The Kier molecular flexibility index (Phi) is 4.77. The van der Waals surface area contributed by atoms with Crippen molar-refractivity contribution in [1.82, 2.24) is 4.90 Å². The lowest BCUT2D eigenvalue weighted by atomic mass is 10.00. The molecule has 120 valence electrons. The summed E-state index contributed by atoms with van der Waals surface area (Å²) in [5, 5.41) is 3.00. The number of hydrogen-bond acceptors (Lipinski definition) is 2. The van der Waals surface area contributed by atoms with Crippen molar-refractivity contribution in [2.24, 2.45) is 0 Å². The lowest BCUT2D eigenvalue weighted by Crippen LogP contribution is -2.33. The van der Waals surface area contributed by atoms with Crippen molar-refractivity contribution in [2.45, 2.75) is 33.2 Å². The van der Waals surface area contributed by atoms with Crippen LogP contribution < -0.4 is 5.32 Å². The molecular weight excluding hydrogens is 284 g/mol. The fourth-order valence-corrected chi connectivity index (χ4v) is 3.05. The minimum Gasteiger partial charge on any atom is -0.326 e. The van der Waals surface area contributed by atoms with Gasteiger partial charge in [0.25, 0.3) is 0 Å². The molecule has 0 unspecified atom stereocenters. The van der Waals surface area contributed by atoms with Crippen molar-refractivity contribution >= 4 is 11.6 Å². The van der Waals surface area contributed by atoms with Crippen LogP contribution in [0, 0.1) is 13.8 Å². The largest absolute Gasteiger partial charge is 0.326 e. The molecule has 1 heterocycles. The molecule has 1 aliphatic heterocycles. The number of amides is 1. The molecule has 0 bridgehead atoms. The van der Waals surface area contributed by atoms with Gasteiger partial charge in [-0.15, -0.1) is 0 Å². The van der Waals surface area contributed by atoms with E-state index in [9.17, 15) is 4.79 Å². The lowest BCUT2D eigenvalue weighted by molar-refractivity contribution is -0.116. The van der Waals surface area contributed by atoms with Gasteiger partial charge in [-0.05, 0) is 54.7 Å². The second-order valence-corrected chi connectivity index (χ2v) is 6.39. The van der Waals surface area contributed by atoms with Gasteiger partial charge in [-0.1, -0.05) is 30.3 Å². The van der Waals surface area contributed by atoms with Crippen molar-refractivity contribution in [3.8, 4) is 0 Å². The predicted molar refractivity (Wildman–Crippen MR) is 94.6 cm³/mol. The van der Waals surface area contributed by atoms with Gasteiger partial charge in [-0.25, -0.2) is 0 Å². The number of hydrogen-bond donors (Lipinski definition) is 1. The molecule has 3 rings (SSSR count). The Morgan fingerprint density at radius 2 is 1.87 bits per heavy atom. The Bertz CT molecular complexity index is 709. The molecule has 0 atom stereocenters. The first-order valence-corrected chi connectivity index (χ1v) is 8.28. The third-order valence-electron chi connectivity index (χ3n) is 4.66. The van der Waals surface area contributed by atoms with Gasteiger partial charge in [-0.2, -0.15) is 0 Å². The van der Waals surface area contributed by atoms with E-state index in [0.29, 0.717) is 6.42 Å². The van der Waals surface area contributed by atoms with Crippen LogP contribution in [0.25, 0.3) is 0 Å². The van der Waals surface area contributed by atoms with E-state index in [1.165, 1.54) is 22.3 Å². The number of rotatable bonds is 4. The van der Waals surface area contributed by atoms with Crippen molar-refractivity contribution < 1.29 is 4.79 Å². The van der Waals surface area contributed by atoms with Crippen LogP contribution in [0.5, 0.6) is 0 Å². The summed E-state index contributed by atoms with van der Waals surface area (Å²) in [5.74, 6) is 0.0899. The van der Waals surface area contributed by atoms with Crippen LogP contribution in [0.3, 0.4) is 0 Å². The molecule has 0 spiro atoms. The normalized spacial score (nSPS) is 14.3. The van der Waals surface area contributed by atoms with Crippen LogP contribution >= 0.6 is 0 Å². The average molecular weight is 308 g/mol. The monoisotopic (exact) mass is 308 g/mol. The number of carbonyl (C=O) groups excluding carboxylic acids is 1. The van der Waals surface area contributed by atoms with Crippen LogP contribution in [-0.4, -0.2) is 23.9 Å². The van der Waals surface area contributed by atoms with Crippen LogP contribution in [0.15, 0.2) is 42.5 Å². The lowest BCUT2D eigenvalue weighted by Gasteiger charge is -2.28. The van der Waals surface area contributed by atoms with E-state index >= 15 is 0 Å². The van der Waals surface area contributed by atoms with E-state index in [2.05, 4.69) is 48.3 Å². The van der Waals surface area contributed by atoms with E-state index in [0.717, 1.165) is 31.7 Å². The number of aryl methyl sites for hydroxylation is 2. The molecule has 2 aromatic carbocycles. The highest BCUT2D eigenvalue weighted by Crippen LogP contribution is 2.19. The van der Waals surface area contributed by atoms with Gasteiger partial charge < -0.3 is 5.32 Å². The number of nitrogens with one attached hydrogen (secondary N) is 1. The smallest absolute Gasteiger partial charge is 0.225 e. The zero-order chi connectivity index (χ0) is 16.2. The first-order chi connectivity index (χ1) is 11.1. The molecule has 0 saturated carbocycles. The highest BCUT2D eigenvalue weighted by Gasteiger charge is 2.16. The van der Waals surface area contributed by atoms with Gasteiger partial charge in [0.05, 0.1) is 0 Å². The van der Waals surface area contributed by atoms with Gasteiger partial charge in [-0.3, -0.25) is 9.69 Å². The summed E-state index contributed by atoms with van der Waals surface area (Å²) in [7, 11) is 0. The molecular formula is C20H24N2O. The fraction of sp³-hybridized carbons (Fsp3) is 0.350. The number of carbonyl (C=O) groups is 1. The van der Waals surface area contributed by atoms with Crippen LogP contribution in [0.1, 0.15) is 28.7 Å². The van der Waals surface area contributed by atoms with E-state index in [4.69, 9.17) is 0 Å². The molecule has 3 nitrogen and oxygen atoms in total. The molecule has 2 aromatic rings. The quantitative estimate of drug-likeness (QED) is 0.934. The molecule has 0 saturated heterocycles. The molecule has 1 aliphatic rings. The summed E-state index contributed by atoms with van der Waals surface area (Å²) in [4.78, 5) is 14.5. The standard InChI is InChI=1S/C20H24N2O/c1-15-7-8-19(13-16(15)2)21-20(23)10-12-22-11-9-17-5-3-4-6-18(17)14-22/h3-8,13H,9-12,14H2,1-2H3,(H,21,23). The molecule has 0 radical (unpaired) electrons. The Morgan fingerprint density at radius 3 is 2.65 bits per heavy atom. The summed E-state index contributed by atoms with van der Waals surface area (Å²) in [5.41, 5.74) is 6.18. The summed E-state index contributed by atoms with van der Waals surface area (Å²) < 4.78 is 0. The number of fused-ring (bicyclic) bond motifs is 1. The fourth-order valence-electron chi connectivity index (χ4n) is 3.05. The Morgan fingerprint density at radius 1 is 1.09 bits per heavy atom. The first-order valence-electron chi connectivity index (χ1n) is 8.28. The molecule has 1 amide bonds. The van der Waals surface area contributed by atoms with Gasteiger partial charge in [0.15, 0.2) is 0 Å². The Hall–Kier alpha value is -2.13. The van der Waals surface area contributed by atoms with Crippen molar-refractivity contribution in [2.75, 3.05) is 18.4 Å². The van der Waals surface area contributed by atoms with E-state index < -0.39 is 0 Å². The Labute approximate surface area is 138 Å². The minimum absolute atomic E-state index is 0.0899. The summed E-state index contributed by atoms with van der Waals surface area (Å²) >= 11 is 0. The van der Waals surface area contributed by atoms with Gasteiger partial charge >= 0.3 is 0 Å². The van der Waals surface area contributed by atoms with Gasteiger partial charge in [0.2, 0.25) is 5.91 Å². The maximum atomic E-state index is 12.2. The SMILES string of the molecule is Cc1ccc(NC(=O)CCN2CCc3ccccc3C2)cc1C. The molecule has 23 heavy (non-hydrogen) atoms. The maximum Gasteiger partial charge on any atom is 0.225 e. The summed E-state index contributed by atoms with van der Waals surface area (Å²) in [6.07, 6.45) is 1.62. The Balaban J connectivity index is 1.51. The van der Waals surface area contributed by atoms with Crippen LogP contribution in [0.4, 0.5) is 5.69 Å². The van der Waals surface area contributed by atoms with E-state index in [1.807, 2.05) is 18.2 Å². The minimum atomic E-state index is 0.0899. The average Bonchev–Trinajstić information content (AvgIpc) is 2.56. The first kappa shape index (κ1) is 15.8. The zero-order valence-corrected chi connectivity index (χ0v) is 13.9. The molecule has 3 heteroatoms. The topological polar surface area (TPSA) is 32.3 Å². The molecule has 1 N–H and O–H groups in total. The van der Waals surface area contributed by atoms with Gasteiger partial charge in [0, 0.05) is 31.7 Å². The highest BCUT2D eigenvalue weighted by molar-refractivity contribution is 5.90. The van der Waals surface area contributed by atoms with Crippen LogP contribution in [0.2, 0.25) is 0 Å². The third-order valence-corrected chi connectivity index (χ3v) is 4.66. The zero-order valence-electron chi connectivity index (χ0n) is 13.9.